The van der Waals surface area contributed by atoms with Gasteiger partial charge >= 0.3 is 17.3 Å². The number of nitrogens with zero attached hydrogens (tertiary/aromatic N) is 1. The summed E-state index contributed by atoms with van der Waals surface area (Å²) in [4.78, 5) is 34.2. The monoisotopic (exact) mass is 383 g/mol. The SMILES string of the molecule is Cc1ccc2c(COC(=O)COc3ccccc3[N+](=O)[O-])cc(=O)oc2c1C. The summed E-state index contributed by atoms with van der Waals surface area (Å²) in [7, 11) is 0. The Bertz CT molecular complexity index is 1120. The summed E-state index contributed by atoms with van der Waals surface area (Å²) >= 11 is 0. The third-order valence-electron chi connectivity index (χ3n) is 4.31. The van der Waals surface area contributed by atoms with Crippen molar-refractivity contribution < 1.29 is 23.6 Å². The Labute approximate surface area is 159 Å². The molecule has 0 saturated carbocycles. The first-order chi connectivity index (χ1) is 13.4. The summed E-state index contributed by atoms with van der Waals surface area (Å²) in [5.74, 6) is -0.746. The first kappa shape index (κ1) is 19.1. The lowest BCUT2D eigenvalue weighted by Crippen LogP contribution is -2.16. The van der Waals surface area contributed by atoms with Crippen molar-refractivity contribution in [3.63, 3.8) is 0 Å². The molecule has 0 N–H and O–H groups in total. The topological polar surface area (TPSA) is 109 Å². The number of esters is 1. The maximum absolute atomic E-state index is 12.0. The van der Waals surface area contributed by atoms with Crippen LogP contribution < -0.4 is 10.4 Å². The third kappa shape index (κ3) is 4.01. The number of ether oxygens (including phenoxy) is 2. The number of fused-ring (bicyclic) bond motifs is 1. The van der Waals surface area contributed by atoms with Crippen molar-refractivity contribution in [2.45, 2.75) is 20.5 Å². The average molecular weight is 383 g/mol. The van der Waals surface area contributed by atoms with E-state index in [0.29, 0.717) is 16.5 Å². The fourth-order valence-corrected chi connectivity index (χ4v) is 2.71. The van der Waals surface area contributed by atoms with E-state index >= 15 is 0 Å². The Balaban J connectivity index is 1.71. The molecule has 0 aliphatic carbocycles. The molecule has 0 amide bonds. The number of nitro benzene ring substituents is 1. The number of carbonyl (C=O) groups is 1. The lowest BCUT2D eigenvalue weighted by molar-refractivity contribution is -0.385. The third-order valence-corrected chi connectivity index (χ3v) is 4.31. The van der Waals surface area contributed by atoms with Crippen LogP contribution in [0.5, 0.6) is 5.75 Å². The lowest BCUT2D eigenvalue weighted by atomic mass is 10.0. The second kappa shape index (κ2) is 7.91. The molecule has 0 spiro atoms. The van der Waals surface area contributed by atoms with Gasteiger partial charge in [-0.25, -0.2) is 9.59 Å². The molecular formula is C20H17NO7. The lowest BCUT2D eigenvalue weighted by Gasteiger charge is -2.10. The first-order valence-electron chi connectivity index (χ1n) is 8.41. The van der Waals surface area contributed by atoms with Gasteiger partial charge in [-0.15, -0.1) is 0 Å². The standard InChI is InChI=1S/C20H17NO7/c1-12-7-8-15-14(9-18(22)28-20(15)13(12)2)10-27-19(23)11-26-17-6-4-3-5-16(17)21(24)25/h3-9H,10-11H2,1-2H3. The van der Waals surface area contributed by atoms with E-state index in [1.54, 1.807) is 12.1 Å². The van der Waals surface area contributed by atoms with Crippen LogP contribution in [-0.2, 0) is 16.1 Å². The van der Waals surface area contributed by atoms with Gasteiger partial charge in [0.2, 0.25) is 0 Å². The van der Waals surface area contributed by atoms with E-state index in [2.05, 4.69) is 0 Å². The number of benzene rings is 2. The van der Waals surface area contributed by atoms with E-state index in [4.69, 9.17) is 13.9 Å². The van der Waals surface area contributed by atoms with Gasteiger partial charge in [-0.3, -0.25) is 10.1 Å². The van der Waals surface area contributed by atoms with Gasteiger partial charge < -0.3 is 13.9 Å². The van der Waals surface area contributed by atoms with Crippen LogP contribution in [-0.4, -0.2) is 17.5 Å². The smallest absolute Gasteiger partial charge is 0.344 e. The van der Waals surface area contributed by atoms with Gasteiger partial charge in [0.25, 0.3) is 0 Å². The Morgan fingerprint density at radius 2 is 1.93 bits per heavy atom. The van der Waals surface area contributed by atoms with E-state index < -0.39 is 23.1 Å². The fourth-order valence-electron chi connectivity index (χ4n) is 2.71. The highest BCUT2D eigenvalue weighted by Gasteiger charge is 2.16. The highest BCUT2D eigenvalue weighted by atomic mass is 16.6. The Morgan fingerprint density at radius 3 is 2.68 bits per heavy atom. The van der Waals surface area contributed by atoms with Crippen LogP contribution >= 0.6 is 0 Å². The van der Waals surface area contributed by atoms with Crippen molar-refractivity contribution in [3.8, 4) is 5.75 Å². The molecular weight excluding hydrogens is 366 g/mol. The quantitative estimate of drug-likeness (QED) is 0.278. The zero-order valence-electron chi connectivity index (χ0n) is 15.3. The second-order valence-corrected chi connectivity index (χ2v) is 6.15. The van der Waals surface area contributed by atoms with Crippen LogP contribution in [0.1, 0.15) is 16.7 Å². The number of hydrogen-bond acceptors (Lipinski definition) is 7. The van der Waals surface area contributed by atoms with Crippen molar-refractivity contribution in [3.05, 3.63) is 79.7 Å². The van der Waals surface area contributed by atoms with E-state index in [1.165, 1.54) is 24.3 Å². The van der Waals surface area contributed by atoms with Gasteiger partial charge in [0.15, 0.2) is 12.4 Å². The molecule has 2 aromatic carbocycles. The molecule has 1 heterocycles. The largest absolute Gasteiger partial charge is 0.475 e. The molecule has 8 nitrogen and oxygen atoms in total. The van der Waals surface area contributed by atoms with Crippen molar-refractivity contribution >= 4 is 22.6 Å². The predicted molar refractivity (Wildman–Crippen MR) is 100 cm³/mol. The van der Waals surface area contributed by atoms with Crippen LogP contribution in [0.4, 0.5) is 5.69 Å². The minimum atomic E-state index is -0.719. The van der Waals surface area contributed by atoms with Gasteiger partial charge in [-0.05, 0) is 31.0 Å². The van der Waals surface area contributed by atoms with Gasteiger partial charge in [0.1, 0.15) is 12.2 Å². The van der Waals surface area contributed by atoms with Crippen molar-refractivity contribution in [1.82, 2.24) is 0 Å². The van der Waals surface area contributed by atoms with Crippen molar-refractivity contribution in [2.24, 2.45) is 0 Å². The van der Waals surface area contributed by atoms with Crippen LogP contribution in [0, 0.1) is 24.0 Å². The minimum Gasteiger partial charge on any atom is -0.475 e. The van der Waals surface area contributed by atoms with Crippen molar-refractivity contribution in [1.29, 1.82) is 0 Å². The average Bonchev–Trinajstić information content (AvgIpc) is 2.67. The maximum atomic E-state index is 12.0. The minimum absolute atomic E-state index is 0.0265. The summed E-state index contributed by atoms with van der Waals surface area (Å²) in [5.41, 5.74) is 1.99. The summed E-state index contributed by atoms with van der Waals surface area (Å²) in [5, 5.41) is 11.6. The molecule has 1 aromatic heterocycles. The number of carbonyl (C=O) groups excluding carboxylic acids is 1. The molecule has 3 aromatic rings. The van der Waals surface area contributed by atoms with Crippen LogP contribution in [0.2, 0.25) is 0 Å². The van der Waals surface area contributed by atoms with E-state index in [-0.39, 0.29) is 18.0 Å². The predicted octanol–water partition coefficient (Wildman–Crippen LogP) is 3.44. The number of aryl methyl sites for hydroxylation is 2. The summed E-state index contributed by atoms with van der Waals surface area (Å²) in [6.45, 7) is 3.10. The molecule has 3 rings (SSSR count). The van der Waals surface area contributed by atoms with Gasteiger partial charge in [0.05, 0.1) is 4.92 Å². The van der Waals surface area contributed by atoms with Gasteiger partial charge in [-0.2, -0.15) is 0 Å². The van der Waals surface area contributed by atoms with Crippen LogP contribution in [0.3, 0.4) is 0 Å². The molecule has 8 heteroatoms. The normalized spacial score (nSPS) is 10.6. The summed E-state index contributed by atoms with van der Waals surface area (Å²) in [6.07, 6.45) is 0. The Morgan fingerprint density at radius 1 is 1.18 bits per heavy atom. The van der Waals surface area contributed by atoms with Gasteiger partial charge in [0, 0.05) is 23.1 Å². The first-order valence-corrected chi connectivity index (χ1v) is 8.41. The number of nitro groups is 1. The molecule has 28 heavy (non-hydrogen) atoms. The molecule has 0 aliphatic heterocycles. The van der Waals surface area contributed by atoms with Crippen LogP contribution in [0.25, 0.3) is 11.0 Å². The number of rotatable bonds is 6. The highest BCUT2D eigenvalue weighted by Crippen LogP contribution is 2.26. The van der Waals surface area contributed by atoms with E-state index in [9.17, 15) is 19.7 Å². The van der Waals surface area contributed by atoms with E-state index in [1.807, 2.05) is 19.9 Å². The molecule has 0 unspecified atom stereocenters. The Hall–Kier alpha value is -3.68. The van der Waals surface area contributed by atoms with Gasteiger partial charge in [-0.1, -0.05) is 24.3 Å². The molecule has 0 bridgehead atoms. The highest BCUT2D eigenvalue weighted by molar-refractivity contribution is 5.84. The summed E-state index contributed by atoms with van der Waals surface area (Å²) < 4.78 is 15.6. The zero-order valence-corrected chi connectivity index (χ0v) is 15.3. The number of para-hydroxylation sites is 2. The molecule has 0 atom stereocenters. The molecule has 0 radical (unpaired) electrons. The summed E-state index contributed by atoms with van der Waals surface area (Å²) in [6, 6.07) is 10.7. The fraction of sp³-hybridized carbons (Fsp3) is 0.200. The maximum Gasteiger partial charge on any atom is 0.344 e. The van der Waals surface area contributed by atoms with Crippen molar-refractivity contribution in [2.75, 3.05) is 6.61 Å². The molecule has 0 aliphatic rings. The zero-order chi connectivity index (χ0) is 20.3. The molecule has 144 valence electrons. The van der Waals surface area contributed by atoms with Crippen LogP contribution in [0.15, 0.2) is 51.7 Å². The van der Waals surface area contributed by atoms with E-state index in [0.717, 1.165) is 11.1 Å². The second-order valence-electron chi connectivity index (χ2n) is 6.15. The molecule has 0 saturated heterocycles. The molecule has 0 fully saturated rings. The number of hydrogen-bond donors (Lipinski definition) is 0. The Kier molecular flexibility index (Phi) is 5.39.